The number of hydrogen-bond donors (Lipinski definition) is 1. The van der Waals surface area contributed by atoms with E-state index in [2.05, 4.69) is 13.8 Å². The van der Waals surface area contributed by atoms with Gasteiger partial charge in [-0.25, -0.2) is 0 Å². The van der Waals surface area contributed by atoms with Gasteiger partial charge in [0.05, 0.1) is 6.10 Å². The van der Waals surface area contributed by atoms with Gasteiger partial charge in [0.15, 0.2) is 0 Å². The van der Waals surface area contributed by atoms with Crippen molar-refractivity contribution >= 4 is 11.6 Å². The molecule has 0 heterocycles. The molecule has 0 amide bonds. The van der Waals surface area contributed by atoms with Crippen LogP contribution in [0.2, 0.25) is 0 Å². The molecule has 0 saturated heterocycles. The number of hydrogen-bond acceptors (Lipinski definition) is 3. The summed E-state index contributed by atoms with van der Waals surface area (Å²) in [5.74, 6) is 2.12. The van der Waals surface area contributed by atoms with E-state index < -0.39 is 0 Å². The van der Waals surface area contributed by atoms with Crippen molar-refractivity contribution in [3.05, 3.63) is 0 Å². The summed E-state index contributed by atoms with van der Waals surface area (Å²) in [5, 5.41) is 10.4. The van der Waals surface area contributed by atoms with Crippen LogP contribution in [0.5, 0.6) is 0 Å². The fourth-order valence-electron chi connectivity index (χ4n) is 6.81. The zero-order valence-corrected chi connectivity index (χ0v) is 13.8. The van der Waals surface area contributed by atoms with Gasteiger partial charge in [0.1, 0.15) is 11.6 Å². The van der Waals surface area contributed by atoms with Gasteiger partial charge in [-0.1, -0.05) is 13.8 Å². The van der Waals surface area contributed by atoms with Crippen molar-refractivity contribution in [2.24, 2.45) is 34.5 Å². The highest BCUT2D eigenvalue weighted by molar-refractivity contribution is 5.90. The second kappa shape index (κ2) is 4.66. The molecule has 4 rings (SSSR count). The molecule has 0 aromatic heterocycles. The van der Waals surface area contributed by atoms with Crippen LogP contribution in [0.1, 0.15) is 65.2 Å². The molecule has 3 nitrogen and oxygen atoms in total. The maximum absolute atomic E-state index is 12.8. The average Bonchev–Trinajstić information content (AvgIpc) is 2.77. The summed E-state index contributed by atoms with van der Waals surface area (Å²) in [4.78, 5) is 24.7. The lowest BCUT2D eigenvalue weighted by Crippen LogP contribution is -2.57. The Kier molecular flexibility index (Phi) is 3.15. The van der Waals surface area contributed by atoms with Gasteiger partial charge in [0.2, 0.25) is 0 Å². The summed E-state index contributed by atoms with van der Waals surface area (Å²) in [7, 11) is 0. The molecule has 22 heavy (non-hydrogen) atoms. The molecule has 0 bridgehead atoms. The molecule has 122 valence electrons. The molecular weight excluding hydrogens is 276 g/mol. The summed E-state index contributed by atoms with van der Waals surface area (Å²) in [6.45, 7) is 4.53. The van der Waals surface area contributed by atoms with Crippen LogP contribution in [0, 0.1) is 34.5 Å². The Morgan fingerprint density at radius 3 is 2.45 bits per heavy atom. The largest absolute Gasteiger partial charge is 0.393 e. The monoisotopic (exact) mass is 304 g/mol. The number of ketones is 2. The molecule has 0 aromatic carbocycles. The van der Waals surface area contributed by atoms with Crippen LogP contribution in [0.3, 0.4) is 0 Å². The van der Waals surface area contributed by atoms with E-state index in [9.17, 15) is 14.7 Å². The van der Waals surface area contributed by atoms with E-state index in [4.69, 9.17) is 0 Å². The average molecular weight is 304 g/mol. The number of fused-ring (bicyclic) bond motifs is 5. The minimum absolute atomic E-state index is 0.0225. The van der Waals surface area contributed by atoms with E-state index in [1.165, 1.54) is 0 Å². The molecule has 4 aliphatic carbocycles. The molecule has 4 fully saturated rings. The Balaban J connectivity index is 1.69. The summed E-state index contributed by atoms with van der Waals surface area (Å²) in [6, 6.07) is 0. The van der Waals surface area contributed by atoms with Gasteiger partial charge in [0.25, 0.3) is 0 Å². The highest BCUT2D eigenvalue weighted by Gasteiger charge is 2.62. The molecule has 1 N–H and O–H groups in total. The summed E-state index contributed by atoms with van der Waals surface area (Å²) >= 11 is 0. The van der Waals surface area contributed by atoms with Crippen molar-refractivity contribution in [2.45, 2.75) is 71.3 Å². The maximum Gasteiger partial charge on any atom is 0.137 e. The van der Waals surface area contributed by atoms with Crippen molar-refractivity contribution in [1.82, 2.24) is 0 Å². The van der Waals surface area contributed by atoms with E-state index >= 15 is 0 Å². The first-order valence-electron chi connectivity index (χ1n) is 9.09. The van der Waals surface area contributed by atoms with Gasteiger partial charge in [-0.2, -0.15) is 0 Å². The Morgan fingerprint density at radius 1 is 0.955 bits per heavy atom. The zero-order chi connectivity index (χ0) is 15.7. The third-order valence-corrected chi connectivity index (χ3v) is 8.23. The smallest absolute Gasteiger partial charge is 0.137 e. The lowest BCUT2D eigenvalue weighted by atomic mass is 9.45. The maximum atomic E-state index is 12.8. The number of aliphatic hydroxyl groups excluding tert-OH is 1. The first kappa shape index (κ1) is 14.9. The topological polar surface area (TPSA) is 54.4 Å². The zero-order valence-electron chi connectivity index (χ0n) is 13.8. The molecular formula is C19H28O3. The predicted molar refractivity (Wildman–Crippen MR) is 83.1 cm³/mol. The van der Waals surface area contributed by atoms with Gasteiger partial charge >= 0.3 is 0 Å². The molecule has 0 spiro atoms. The van der Waals surface area contributed by atoms with Crippen molar-refractivity contribution in [3.63, 3.8) is 0 Å². The van der Waals surface area contributed by atoms with Crippen LogP contribution < -0.4 is 0 Å². The van der Waals surface area contributed by atoms with E-state index in [1.54, 1.807) is 0 Å². The molecule has 3 heteroatoms. The number of rotatable bonds is 0. The van der Waals surface area contributed by atoms with Crippen LogP contribution in [0.4, 0.5) is 0 Å². The van der Waals surface area contributed by atoms with Gasteiger partial charge in [-0.05, 0) is 60.7 Å². The highest BCUT2D eigenvalue weighted by atomic mass is 16.3. The van der Waals surface area contributed by atoms with Gasteiger partial charge < -0.3 is 5.11 Å². The van der Waals surface area contributed by atoms with Crippen LogP contribution in [0.15, 0.2) is 0 Å². The third-order valence-electron chi connectivity index (χ3n) is 8.23. The quantitative estimate of drug-likeness (QED) is 0.748. The van der Waals surface area contributed by atoms with Crippen molar-refractivity contribution < 1.29 is 14.7 Å². The van der Waals surface area contributed by atoms with Gasteiger partial charge in [0, 0.05) is 25.2 Å². The van der Waals surface area contributed by atoms with E-state index in [0.717, 1.165) is 32.1 Å². The molecule has 0 radical (unpaired) electrons. The first-order chi connectivity index (χ1) is 10.4. The fraction of sp³-hybridized carbons (Fsp3) is 0.895. The van der Waals surface area contributed by atoms with E-state index in [1.807, 2.05) is 0 Å². The molecule has 0 unspecified atom stereocenters. The molecule has 0 aliphatic heterocycles. The number of carbonyl (C=O) groups excluding carboxylic acids is 2. The Morgan fingerprint density at radius 2 is 1.68 bits per heavy atom. The first-order valence-corrected chi connectivity index (χ1v) is 9.09. The number of aliphatic hydroxyl groups is 1. The Labute approximate surface area is 132 Å². The SMILES string of the molecule is C[C@]12CCC(=O)C[C@@H]1C(=O)C[C@H]1[C@H]2CC[C@@]2(C)[C@@H]1CC[C@@H]2O. The van der Waals surface area contributed by atoms with Gasteiger partial charge in [-0.15, -0.1) is 0 Å². The normalized spacial score (nSPS) is 54.6. The predicted octanol–water partition coefficient (Wildman–Crippen LogP) is 3.14. The number of Topliss-reactive ketones (excluding diaryl/α,β-unsaturated/α-hetero) is 2. The minimum atomic E-state index is -0.188. The summed E-state index contributed by atoms with van der Waals surface area (Å²) < 4.78 is 0. The lowest BCUT2D eigenvalue weighted by Gasteiger charge is -2.59. The van der Waals surface area contributed by atoms with Crippen LogP contribution in [-0.4, -0.2) is 22.8 Å². The van der Waals surface area contributed by atoms with Crippen molar-refractivity contribution in [1.29, 1.82) is 0 Å². The minimum Gasteiger partial charge on any atom is -0.393 e. The van der Waals surface area contributed by atoms with Crippen LogP contribution in [0.25, 0.3) is 0 Å². The third kappa shape index (κ3) is 1.78. The standard InChI is InChI=1S/C19H28O3/c1-18-7-5-11(20)9-15(18)16(21)10-12-13-3-4-17(22)19(13,2)8-6-14(12)18/h12-15,17,22H,3-10H2,1-2H3/t12-,13-,14-,15-,17+,18-,19+/m1/s1. The molecule has 0 aromatic rings. The molecule has 7 atom stereocenters. The number of carbonyl (C=O) groups is 2. The fourth-order valence-corrected chi connectivity index (χ4v) is 6.81. The summed E-state index contributed by atoms with van der Waals surface area (Å²) in [6.07, 6.45) is 6.71. The van der Waals surface area contributed by atoms with Crippen molar-refractivity contribution in [2.75, 3.05) is 0 Å². The Bertz CT molecular complexity index is 527. The van der Waals surface area contributed by atoms with Crippen LogP contribution >= 0.6 is 0 Å². The molecule has 4 aliphatic rings. The lowest BCUT2D eigenvalue weighted by molar-refractivity contribution is -0.160. The van der Waals surface area contributed by atoms with Gasteiger partial charge in [-0.3, -0.25) is 9.59 Å². The highest BCUT2D eigenvalue weighted by Crippen LogP contribution is 2.65. The van der Waals surface area contributed by atoms with E-state index in [-0.39, 0.29) is 28.6 Å². The Hall–Kier alpha value is -0.700. The second-order valence-electron chi connectivity index (χ2n) is 8.99. The van der Waals surface area contributed by atoms with Crippen molar-refractivity contribution in [3.8, 4) is 0 Å². The second-order valence-corrected chi connectivity index (χ2v) is 8.99. The summed E-state index contributed by atoms with van der Waals surface area (Å²) in [5.41, 5.74) is 0.0535. The van der Waals surface area contributed by atoms with Crippen LogP contribution in [-0.2, 0) is 9.59 Å². The molecule has 4 saturated carbocycles. The van der Waals surface area contributed by atoms with E-state index in [0.29, 0.717) is 42.8 Å².